The van der Waals surface area contributed by atoms with Gasteiger partial charge in [0.2, 0.25) is 5.91 Å². The first-order valence-electron chi connectivity index (χ1n) is 7.74. The smallest absolute Gasteiger partial charge is 0.243 e. The normalized spacial score (nSPS) is 15.1. The van der Waals surface area contributed by atoms with E-state index in [9.17, 15) is 4.79 Å². The van der Waals surface area contributed by atoms with Crippen LogP contribution in [-0.2, 0) is 15.7 Å². The van der Waals surface area contributed by atoms with Gasteiger partial charge in [-0.15, -0.1) is 0 Å². The second-order valence-electron chi connectivity index (χ2n) is 5.28. The van der Waals surface area contributed by atoms with Gasteiger partial charge in [-0.25, -0.2) is 0 Å². The summed E-state index contributed by atoms with van der Waals surface area (Å²) in [7, 11) is 0.218. The highest BCUT2D eigenvalue weighted by Gasteiger charge is 2.27. The Hall–Kier alpha value is -2.05. The number of anilines is 2. The van der Waals surface area contributed by atoms with E-state index in [4.69, 9.17) is 0 Å². The molecule has 23 heavy (non-hydrogen) atoms. The maximum atomic E-state index is 12.2. The lowest BCUT2D eigenvalue weighted by atomic mass is 10.3. The van der Waals surface area contributed by atoms with Crippen LogP contribution in [0.25, 0.3) is 0 Å². The first kappa shape index (κ1) is 15.8. The van der Waals surface area contributed by atoms with Crippen molar-refractivity contribution in [3.63, 3.8) is 0 Å². The van der Waals surface area contributed by atoms with E-state index in [1.807, 2.05) is 24.3 Å². The van der Waals surface area contributed by atoms with Gasteiger partial charge in [-0.3, -0.25) is 9.78 Å². The predicted molar refractivity (Wildman–Crippen MR) is 96.0 cm³/mol. The number of rotatable bonds is 5. The zero-order valence-electron chi connectivity index (χ0n) is 12.9. The summed E-state index contributed by atoms with van der Waals surface area (Å²) in [4.78, 5) is 17.5. The van der Waals surface area contributed by atoms with Crippen molar-refractivity contribution < 1.29 is 4.79 Å². The standard InChI is InChI=1S/C17H20N4OS/c22-17(13-20-14-5-7-18-8-6-14)21-15-3-1-2-4-16(15)23-11-9-19-10-12-23/h1-8,19H,9-13H2,(H-,18,20,21,22)/p+1. The van der Waals surface area contributed by atoms with E-state index in [0.29, 0.717) is 0 Å². The Bertz CT molecular complexity index is 644. The summed E-state index contributed by atoms with van der Waals surface area (Å²) in [6.07, 6.45) is 3.40. The first-order chi connectivity index (χ1) is 11.3. The van der Waals surface area contributed by atoms with Crippen LogP contribution in [0.2, 0.25) is 0 Å². The number of nitrogens with zero attached hydrogens (tertiary/aromatic N) is 1. The second kappa shape index (κ2) is 7.99. The molecule has 0 saturated carbocycles. The number of hydrogen-bond acceptors (Lipinski definition) is 4. The van der Waals surface area contributed by atoms with Gasteiger partial charge in [0.1, 0.15) is 11.5 Å². The third kappa shape index (κ3) is 4.46. The number of pyridine rings is 1. The summed E-state index contributed by atoms with van der Waals surface area (Å²) in [5, 5.41) is 9.54. The zero-order chi connectivity index (χ0) is 15.9. The van der Waals surface area contributed by atoms with Gasteiger partial charge in [0.05, 0.1) is 12.2 Å². The monoisotopic (exact) mass is 329 g/mol. The number of hydrogen-bond donors (Lipinski definition) is 3. The Morgan fingerprint density at radius 1 is 1.13 bits per heavy atom. The van der Waals surface area contributed by atoms with Crippen LogP contribution in [0.4, 0.5) is 11.4 Å². The van der Waals surface area contributed by atoms with Gasteiger partial charge in [-0.1, -0.05) is 12.1 Å². The highest BCUT2D eigenvalue weighted by molar-refractivity contribution is 7.97. The van der Waals surface area contributed by atoms with E-state index in [0.717, 1.165) is 36.0 Å². The molecule has 5 nitrogen and oxygen atoms in total. The third-order valence-electron chi connectivity index (χ3n) is 3.66. The van der Waals surface area contributed by atoms with Crippen molar-refractivity contribution in [3.05, 3.63) is 48.8 Å². The molecule has 0 unspecified atom stereocenters. The molecule has 120 valence electrons. The van der Waals surface area contributed by atoms with Crippen molar-refractivity contribution in [1.29, 1.82) is 0 Å². The fourth-order valence-electron chi connectivity index (χ4n) is 2.51. The Morgan fingerprint density at radius 3 is 2.65 bits per heavy atom. The van der Waals surface area contributed by atoms with Gasteiger partial charge in [-0.05, 0) is 24.3 Å². The van der Waals surface area contributed by atoms with Gasteiger partial charge >= 0.3 is 0 Å². The second-order valence-corrected chi connectivity index (χ2v) is 7.53. The van der Waals surface area contributed by atoms with Crippen LogP contribution in [0.1, 0.15) is 0 Å². The molecule has 0 bridgehead atoms. The molecular weight excluding hydrogens is 308 g/mol. The number of aromatic nitrogens is 1. The van der Waals surface area contributed by atoms with Gasteiger partial charge < -0.3 is 16.0 Å². The Morgan fingerprint density at radius 2 is 1.87 bits per heavy atom. The van der Waals surface area contributed by atoms with Crippen molar-refractivity contribution in [2.24, 2.45) is 0 Å². The largest absolute Gasteiger partial charge is 0.376 e. The molecule has 0 aliphatic carbocycles. The lowest BCUT2D eigenvalue weighted by molar-refractivity contribution is -0.114. The first-order valence-corrected chi connectivity index (χ1v) is 9.30. The van der Waals surface area contributed by atoms with Crippen molar-refractivity contribution in [1.82, 2.24) is 10.3 Å². The van der Waals surface area contributed by atoms with Crippen molar-refractivity contribution in [3.8, 4) is 0 Å². The molecular formula is C17H21N4OS+. The summed E-state index contributed by atoms with van der Waals surface area (Å²) >= 11 is 0. The summed E-state index contributed by atoms with van der Waals surface area (Å²) in [6, 6.07) is 11.8. The molecule has 1 aromatic carbocycles. The van der Waals surface area contributed by atoms with E-state index in [1.165, 1.54) is 4.90 Å². The molecule has 2 heterocycles. The quantitative estimate of drug-likeness (QED) is 0.731. The number of carbonyl (C=O) groups excluding carboxylic acids is 1. The molecule has 6 heteroatoms. The maximum absolute atomic E-state index is 12.2. The topological polar surface area (TPSA) is 66.0 Å². The van der Waals surface area contributed by atoms with Crippen LogP contribution < -0.4 is 16.0 Å². The molecule has 1 aliphatic rings. The minimum Gasteiger partial charge on any atom is -0.376 e. The lowest BCUT2D eigenvalue weighted by Gasteiger charge is -2.17. The summed E-state index contributed by atoms with van der Waals surface area (Å²) in [5.74, 6) is 2.25. The minimum atomic E-state index is -0.0343. The third-order valence-corrected chi connectivity index (χ3v) is 6.03. The lowest BCUT2D eigenvalue weighted by Crippen LogP contribution is -2.36. The molecule has 3 N–H and O–H groups in total. The van der Waals surface area contributed by atoms with E-state index in [-0.39, 0.29) is 23.3 Å². The van der Waals surface area contributed by atoms with Gasteiger partial charge in [-0.2, -0.15) is 0 Å². The van der Waals surface area contributed by atoms with Crippen LogP contribution in [0.3, 0.4) is 0 Å². The summed E-state index contributed by atoms with van der Waals surface area (Å²) in [6.45, 7) is 2.34. The number of carbonyl (C=O) groups is 1. The molecule has 0 atom stereocenters. The molecule has 1 saturated heterocycles. The molecule has 0 spiro atoms. The fourth-order valence-corrected chi connectivity index (χ4v) is 4.63. The zero-order valence-corrected chi connectivity index (χ0v) is 13.7. The molecule has 0 radical (unpaired) electrons. The number of nitrogens with one attached hydrogen (secondary N) is 3. The number of amides is 1. The van der Waals surface area contributed by atoms with Crippen LogP contribution in [0.5, 0.6) is 0 Å². The number of para-hydroxylation sites is 1. The number of benzene rings is 1. The Labute approximate surface area is 139 Å². The van der Waals surface area contributed by atoms with Crippen LogP contribution in [0, 0.1) is 0 Å². The van der Waals surface area contributed by atoms with E-state index >= 15 is 0 Å². The molecule has 1 aromatic heterocycles. The summed E-state index contributed by atoms with van der Waals surface area (Å²) < 4.78 is 0. The molecule has 1 amide bonds. The van der Waals surface area contributed by atoms with Crippen LogP contribution >= 0.6 is 0 Å². The Balaban J connectivity index is 1.62. The van der Waals surface area contributed by atoms with Gasteiger partial charge in [0.15, 0.2) is 4.90 Å². The SMILES string of the molecule is O=C(CNc1ccncc1)Nc1ccccc1[S+]1CCNCC1. The van der Waals surface area contributed by atoms with E-state index in [1.54, 1.807) is 12.4 Å². The Kier molecular flexibility index (Phi) is 5.50. The molecule has 2 aromatic rings. The summed E-state index contributed by atoms with van der Waals surface area (Å²) in [5.41, 5.74) is 1.84. The van der Waals surface area contributed by atoms with Crippen molar-refractivity contribution in [2.75, 3.05) is 41.8 Å². The van der Waals surface area contributed by atoms with Crippen molar-refractivity contribution in [2.45, 2.75) is 4.90 Å². The fraction of sp³-hybridized carbons (Fsp3) is 0.294. The van der Waals surface area contributed by atoms with E-state index in [2.05, 4.69) is 33.1 Å². The predicted octanol–water partition coefficient (Wildman–Crippen LogP) is 1.71. The molecule has 1 fully saturated rings. The van der Waals surface area contributed by atoms with Gasteiger partial charge in [0.25, 0.3) is 0 Å². The van der Waals surface area contributed by atoms with Crippen LogP contribution in [0.15, 0.2) is 53.7 Å². The van der Waals surface area contributed by atoms with Crippen LogP contribution in [-0.4, -0.2) is 42.0 Å². The maximum Gasteiger partial charge on any atom is 0.243 e. The average molecular weight is 329 g/mol. The van der Waals surface area contributed by atoms with Gasteiger partial charge in [0, 0.05) is 42.1 Å². The average Bonchev–Trinajstić information content (AvgIpc) is 2.62. The molecule has 1 aliphatic heterocycles. The molecule has 3 rings (SSSR count). The van der Waals surface area contributed by atoms with Crippen molar-refractivity contribution >= 4 is 28.2 Å². The minimum absolute atomic E-state index is 0.0343. The highest BCUT2D eigenvalue weighted by atomic mass is 32.2. The van der Waals surface area contributed by atoms with E-state index < -0.39 is 0 Å². The highest BCUT2D eigenvalue weighted by Crippen LogP contribution is 2.24.